The van der Waals surface area contributed by atoms with Crippen LogP contribution in [-0.2, 0) is 24.2 Å². The van der Waals surface area contributed by atoms with Crippen LogP contribution >= 0.6 is 0 Å². The van der Waals surface area contributed by atoms with Gasteiger partial charge in [-0.15, -0.1) is 0 Å². The van der Waals surface area contributed by atoms with Crippen molar-refractivity contribution in [3.63, 3.8) is 0 Å². The van der Waals surface area contributed by atoms with E-state index in [2.05, 4.69) is 29.3 Å². The second-order valence-electron chi connectivity index (χ2n) is 8.33. The van der Waals surface area contributed by atoms with E-state index in [0.717, 1.165) is 55.8 Å². The van der Waals surface area contributed by atoms with Crippen molar-refractivity contribution < 1.29 is 9.47 Å². The molecule has 158 valence electrons. The van der Waals surface area contributed by atoms with E-state index in [1.807, 2.05) is 0 Å². The highest BCUT2D eigenvalue weighted by molar-refractivity contribution is 5.95. The number of ether oxygens (including phenoxy) is 2. The molecule has 0 atom stereocenters. The number of rotatable bonds is 9. The van der Waals surface area contributed by atoms with Gasteiger partial charge in [-0.3, -0.25) is 4.98 Å². The SMILES string of the molecule is CCCNc1c2c(nc3cc(COCCN4CCCC4)c(OC)cc13)CCCC2. The lowest BCUT2D eigenvalue weighted by Gasteiger charge is -2.22. The summed E-state index contributed by atoms with van der Waals surface area (Å²) in [6.45, 7) is 7.98. The summed E-state index contributed by atoms with van der Waals surface area (Å²) in [5.41, 5.74) is 6.10. The Morgan fingerprint density at radius 1 is 1.10 bits per heavy atom. The molecular weight excluding hydrogens is 362 g/mol. The van der Waals surface area contributed by atoms with Gasteiger partial charge in [0, 0.05) is 35.4 Å². The minimum atomic E-state index is 0.573. The van der Waals surface area contributed by atoms with Crippen LogP contribution in [0.5, 0.6) is 5.75 Å². The van der Waals surface area contributed by atoms with Gasteiger partial charge >= 0.3 is 0 Å². The van der Waals surface area contributed by atoms with Crippen LogP contribution in [0, 0.1) is 0 Å². The quantitative estimate of drug-likeness (QED) is 0.629. The molecule has 5 nitrogen and oxygen atoms in total. The lowest BCUT2D eigenvalue weighted by Crippen LogP contribution is -2.23. The molecule has 0 radical (unpaired) electrons. The zero-order valence-corrected chi connectivity index (χ0v) is 18.1. The van der Waals surface area contributed by atoms with Gasteiger partial charge in [0.2, 0.25) is 0 Å². The number of nitrogens with one attached hydrogen (secondary N) is 1. The summed E-state index contributed by atoms with van der Waals surface area (Å²) >= 11 is 0. The van der Waals surface area contributed by atoms with Crippen molar-refractivity contribution >= 4 is 16.6 Å². The summed E-state index contributed by atoms with van der Waals surface area (Å²) in [7, 11) is 1.75. The highest BCUT2D eigenvalue weighted by Gasteiger charge is 2.20. The molecule has 0 saturated carbocycles. The number of aromatic nitrogens is 1. The molecule has 1 saturated heterocycles. The summed E-state index contributed by atoms with van der Waals surface area (Å²) in [6.07, 6.45) is 8.45. The predicted molar refractivity (Wildman–Crippen MR) is 119 cm³/mol. The summed E-state index contributed by atoms with van der Waals surface area (Å²) in [4.78, 5) is 7.54. The van der Waals surface area contributed by atoms with Crippen LogP contribution < -0.4 is 10.1 Å². The first-order valence-electron chi connectivity index (χ1n) is 11.4. The van der Waals surface area contributed by atoms with E-state index < -0.39 is 0 Å². The fourth-order valence-electron chi connectivity index (χ4n) is 4.63. The third-order valence-corrected chi connectivity index (χ3v) is 6.22. The molecule has 1 aliphatic heterocycles. The Morgan fingerprint density at radius 3 is 2.72 bits per heavy atom. The van der Waals surface area contributed by atoms with Gasteiger partial charge in [0.15, 0.2) is 0 Å². The molecule has 29 heavy (non-hydrogen) atoms. The molecule has 1 aromatic carbocycles. The van der Waals surface area contributed by atoms with Gasteiger partial charge in [-0.2, -0.15) is 0 Å². The molecule has 1 aliphatic carbocycles. The van der Waals surface area contributed by atoms with Crippen molar-refractivity contribution in [1.29, 1.82) is 0 Å². The van der Waals surface area contributed by atoms with Crippen LogP contribution in [0.4, 0.5) is 5.69 Å². The molecule has 0 spiro atoms. The first-order chi connectivity index (χ1) is 14.3. The number of anilines is 1. The Labute approximate surface area is 174 Å². The van der Waals surface area contributed by atoms with E-state index in [9.17, 15) is 0 Å². The number of hydrogen-bond acceptors (Lipinski definition) is 5. The summed E-state index contributed by atoms with van der Waals surface area (Å²) in [6, 6.07) is 4.34. The minimum Gasteiger partial charge on any atom is -0.496 e. The van der Waals surface area contributed by atoms with Crippen molar-refractivity contribution in [2.75, 3.05) is 45.2 Å². The van der Waals surface area contributed by atoms with Crippen molar-refractivity contribution in [2.24, 2.45) is 0 Å². The Kier molecular flexibility index (Phi) is 6.88. The third kappa shape index (κ3) is 4.67. The first-order valence-corrected chi connectivity index (χ1v) is 11.4. The zero-order chi connectivity index (χ0) is 20.1. The van der Waals surface area contributed by atoms with E-state index in [4.69, 9.17) is 14.5 Å². The number of hydrogen-bond donors (Lipinski definition) is 1. The Hall–Kier alpha value is -1.85. The maximum absolute atomic E-state index is 6.02. The molecule has 2 aliphatic rings. The van der Waals surface area contributed by atoms with Gasteiger partial charge in [0.25, 0.3) is 0 Å². The fraction of sp³-hybridized carbons (Fsp3) is 0.625. The van der Waals surface area contributed by atoms with Crippen molar-refractivity contribution in [2.45, 2.75) is 58.5 Å². The average molecular weight is 398 g/mol. The second-order valence-corrected chi connectivity index (χ2v) is 8.33. The van der Waals surface area contributed by atoms with Crippen LogP contribution in [0.1, 0.15) is 55.8 Å². The van der Waals surface area contributed by atoms with E-state index in [-0.39, 0.29) is 0 Å². The molecule has 0 bridgehead atoms. The van der Waals surface area contributed by atoms with Crippen LogP contribution in [0.15, 0.2) is 12.1 Å². The van der Waals surface area contributed by atoms with Crippen LogP contribution in [0.3, 0.4) is 0 Å². The number of nitrogens with zero attached hydrogens (tertiary/aromatic N) is 2. The number of pyridine rings is 1. The Morgan fingerprint density at radius 2 is 1.93 bits per heavy atom. The highest BCUT2D eigenvalue weighted by atomic mass is 16.5. The van der Waals surface area contributed by atoms with Crippen molar-refractivity contribution in [1.82, 2.24) is 9.88 Å². The summed E-state index contributed by atoms with van der Waals surface area (Å²) in [5, 5.41) is 4.87. The number of methoxy groups -OCH3 is 1. The number of benzene rings is 1. The molecule has 0 unspecified atom stereocenters. The predicted octanol–water partition coefficient (Wildman–Crippen LogP) is 4.56. The molecule has 1 fully saturated rings. The summed E-state index contributed by atoms with van der Waals surface area (Å²) in [5.74, 6) is 0.899. The summed E-state index contributed by atoms with van der Waals surface area (Å²) < 4.78 is 11.8. The van der Waals surface area contributed by atoms with E-state index in [1.54, 1.807) is 7.11 Å². The third-order valence-electron chi connectivity index (χ3n) is 6.22. The van der Waals surface area contributed by atoms with Gasteiger partial charge in [0.1, 0.15) is 5.75 Å². The number of fused-ring (bicyclic) bond motifs is 2. The fourth-order valence-corrected chi connectivity index (χ4v) is 4.63. The van der Waals surface area contributed by atoms with Crippen molar-refractivity contribution in [3.8, 4) is 5.75 Å². The topological polar surface area (TPSA) is 46.6 Å². The van der Waals surface area contributed by atoms with Crippen LogP contribution in [0.25, 0.3) is 10.9 Å². The Bertz CT molecular complexity index is 831. The standard InChI is InChI=1S/C24H35N3O2/c1-3-10-25-24-19-8-4-5-9-21(19)26-22-15-18(23(28-2)16-20(22)24)17-29-14-13-27-11-6-7-12-27/h15-16H,3-14,17H2,1-2H3,(H,25,26). The lowest BCUT2D eigenvalue weighted by molar-refractivity contribution is 0.0979. The maximum Gasteiger partial charge on any atom is 0.125 e. The van der Waals surface area contributed by atoms with Gasteiger partial charge in [-0.1, -0.05) is 6.92 Å². The second kappa shape index (κ2) is 9.77. The monoisotopic (exact) mass is 397 g/mol. The smallest absolute Gasteiger partial charge is 0.125 e. The highest BCUT2D eigenvalue weighted by Crippen LogP contribution is 2.36. The number of aryl methyl sites for hydroxylation is 1. The van der Waals surface area contributed by atoms with E-state index in [0.29, 0.717) is 6.61 Å². The van der Waals surface area contributed by atoms with Gasteiger partial charge in [0.05, 0.1) is 25.8 Å². The zero-order valence-electron chi connectivity index (χ0n) is 18.1. The van der Waals surface area contributed by atoms with Gasteiger partial charge in [-0.25, -0.2) is 0 Å². The Balaban J connectivity index is 1.58. The minimum absolute atomic E-state index is 0.573. The molecule has 1 aromatic heterocycles. The molecule has 1 N–H and O–H groups in total. The van der Waals surface area contributed by atoms with Crippen molar-refractivity contribution in [3.05, 3.63) is 29.0 Å². The molecule has 5 heteroatoms. The van der Waals surface area contributed by atoms with Crippen LogP contribution in [0.2, 0.25) is 0 Å². The first kappa shape index (κ1) is 20.4. The average Bonchev–Trinajstić information content (AvgIpc) is 3.27. The maximum atomic E-state index is 6.02. The lowest BCUT2D eigenvalue weighted by atomic mass is 9.92. The van der Waals surface area contributed by atoms with Crippen LogP contribution in [-0.4, -0.2) is 49.8 Å². The molecule has 2 heterocycles. The van der Waals surface area contributed by atoms with Gasteiger partial charge < -0.3 is 19.7 Å². The largest absolute Gasteiger partial charge is 0.496 e. The molecule has 0 amide bonds. The van der Waals surface area contributed by atoms with E-state index in [1.165, 1.54) is 61.1 Å². The molecule has 2 aromatic rings. The van der Waals surface area contributed by atoms with E-state index >= 15 is 0 Å². The number of likely N-dealkylation sites (tertiary alicyclic amines) is 1. The normalized spacial score (nSPS) is 16.9. The molecule has 4 rings (SSSR count). The van der Waals surface area contributed by atoms with Gasteiger partial charge in [-0.05, 0) is 75.7 Å². The molecular formula is C24H35N3O2.